The summed E-state index contributed by atoms with van der Waals surface area (Å²) in [5.41, 5.74) is 6.83. The van der Waals surface area contributed by atoms with Crippen molar-refractivity contribution < 1.29 is 15.0 Å². The molecule has 0 radical (unpaired) electrons. The number of rotatable bonds is 4. The van der Waals surface area contributed by atoms with Crippen molar-refractivity contribution in [2.24, 2.45) is 5.73 Å². The van der Waals surface area contributed by atoms with Crippen LogP contribution in [-0.2, 0) is 11.2 Å². The topological polar surface area (TPSA) is 95.6 Å². The normalized spacial score (nSPS) is 24.1. The fourth-order valence-electron chi connectivity index (χ4n) is 2.72. The Morgan fingerprint density at radius 1 is 1.24 bits per heavy atom. The number of hydrogen-bond acceptors (Lipinski definition) is 4. The van der Waals surface area contributed by atoms with Gasteiger partial charge in [0, 0.05) is 0 Å². The molecule has 1 fully saturated rings. The fraction of sp³-hybridized carbons (Fsp3) is 0.562. The highest BCUT2D eigenvalue weighted by atomic mass is 16.3. The fourth-order valence-corrected chi connectivity index (χ4v) is 2.72. The molecule has 1 aromatic carbocycles. The van der Waals surface area contributed by atoms with Crippen LogP contribution in [0.25, 0.3) is 0 Å². The maximum absolute atomic E-state index is 12.1. The largest absolute Gasteiger partial charge is 0.508 e. The average Bonchev–Trinajstić information content (AvgIpc) is 2.66. The number of hydrogen-bond donors (Lipinski definition) is 4. The van der Waals surface area contributed by atoms with E-state index < -0.39 is 12.1 Å². The van der Waals surface area contributed by atoms with Crippen LogP contribution in [0.5, 0.6) is 5.75 Å². The highest BCUT2D eigenvalue weighted by molar-refractivity contribution is 5.82. The van der Waals surface area contributed by atoms with Gasteiger partial charge in [-0.2, -0.15) is 0 Å². The molecule has 0 aromatic heterocycles. The predicted molar refractivity (Wildman–Crippen MR) is 80.8 cm³/mol. The Labute approximate surface area is 125 Å². The van der Waals surface area contributed by atoms with Gasteiger partial charge in [-0.25, -0.2) is 0 Å². The van der Waals surface area contributed by atoms with Crippen LogP contribution in [0.3, 0.4) is 0 Å². The van der Waals surface area contributed by atoms with E-state index in [2.05, 4.69) is 5.32 Å². The molecular weight excluding hydrogens is 268 g/mol. The highest BCUT2D eigenvalue weighted by Crippen LogP contribution is 2.18. The standard InChI is InChI=1S/C16H24N2O3/c17-13(10-11-6-8-12(19)9-7-11)16(21)18-14-4-2-1-3-5-15(14)20/h6-9,13-15,19-20H,1-5,10,17H2,(H,18,21)/t13-,14?,15?/m0/s1. The van der Waals surface area contributed by atoms with Crippen molar-refractivity contribution >= 4 is 5.91 Å². The van der Waals surface area contributed by atoms with Crippen molar-refractivity contribution in [1.29, 1.82) is 0 Å². The molecule has 116 valence electrons. The number of nitrogens with two attached hydrogens (primary N) is 1. The van der Waals surface area contributed by atoms with Gasteiger partial charge in [-0.05, 0) is 37.0 Å². The molecule has 2 rings (SSSR count). The van der Waals surface area contributed by atoms with E-state index in [4.69, 9.17) is 5.73 Å². The third-order valence-corrected chi connectivity index (χ3v) is 4.04. The summed E-state index contributed by atoms with van der Waals surface area (Å²) in [6.07, 6.45) is 4.61. The van der Waals surface area contributed by atoms with Gasteiger partial charge in [-0.15, -0.1) is 0 Å². The Morgan fingerprint density at radius 2 is 1.90 bits per heavy atom. The van der Waals surface area contributed by atoms with Crippen LogP contribution in [0.4, 0.5) is 0 Å². The number of phenolic OH excluding ortho intramolecular Hbond substituents is 1. The molecule has 0 bridgehead atoms. The summed E-state index contributed by atoms with van der Waals surface area (Å²) in [6.45, 7) is 0. The Morgan fingerprint density at radius 3 is 2.62 bits per heavy atom. The minimum absolute atomic E-state index is 0.189. The van der Waals surface area contributed by atoms with E-state index in [1.807, 2.05) is 0 Å². The number of aliphatic hydroxyl groups is 1. The molecule has 3 atom stereocenters. The van der Waals surface area contributed by atoms with Gasteiger partial charge in [-0.3, -0.25) is 4.79 Å². The molecule has 0 aliphatic heterocycles. The second-order valence-electron chi connectivity index (χ2n) is 5.80. The van der Waals surface area contributed by atoms with Gasteiger partial charge < -0.3 is 21.3 Å². The molecule has 1 amide bonds. The average molecular weight is 292 g/mol. The first-order valence-corrected chi connectivity index (χ1v) is 7.58. The van der Waals surface area contributed by atoms with E-state index in [0.717, 1.165) is 37.7 Å². The zero-order chi connectivity index (χ0) is 15.2. The first-order valence-electron chi connectivity index (χ1n) is 7.58. The predicted octanol–water partition coefficient (Wildman–Crippen LogP) is 1.07. The Bertz CT molecular complexity index is 461. The number of aromatic hydroxyl groups is 1. The first kappa shape index (κ1) is 15.8. The lowest BCUT2D eigenvalue weighted by Crippen LogP contribution is -2.50. The van der Waals surface area contributed by atoms with Gasteiger partial charge in [0.1, 0.15) is 5.75 Å². The van der Waals surface area contributed by atoms with Crippen LogP contribution >= 0.6 is 0 Å². The Hall–Kier alpha value is -1.59. The van der Waals surface area contributed by atoms with Gasteiger partial charge in [-0.1, -0.05) is 31.4 Å². The van der Waals surface area contributed by atoms with Crippen LogP contribution in [0, 0.1) is 0 Å². The zero-order valence-electron chi connectivity index (χ0n) is 12.2. The van der Waals surface area contributed by atoms with E-state index in [9.17, 15) is 15.0 Å². The Balaban J connectivity index is 1.88. The van der Waals surface area contributed by atoms with Crippen LogP contribution in [-0.4, -0.2) is 34.3 Å². The van der Waals surface area contributed by atoms with Crippen molar-refractivity contribution in [1.82, 2.24) is 5.32 Å². The number of carbonyl (C=O) groups is 1. The van der Waals surface area contributed by atoms with Gasteiger partial charge in [0.25, 0.3) is 0 Å². The summed E-state index contributed by atoms with van der Waals surface area (Å²) in [5.74, 6) is -0.0348. The molecule has 0 heterocycles. The van der Waals surface area contributed by atoms with Gasteiger partial charge in [0.05, 0.1) is 18.2 Å². The molecule has 1 aromatic rings. The molecule has 5 N–H and O–H groups in total. The summed E-state index contributed by atoms with van der Waals surface area (Å²) in [4.78, 5) is 12.1. The number of amides is 1. The third kappa shape index (κ3) is 4.72. The summed E-state index contributed by atoms with van der Waals surface area (Å²) in [7, 11) is 0. The number of phenols is 1. The maximum atomic E-state index is 12.1. The lowest BCUT2D eigenvalue weighted by molar-refractivity contribution is -0.124. The van der Waals surface area contributed by atoms with E-state index in [0.29, 0.717) is 6.42 Å². The monoisotopic (exact) mass is 292 g/mol. The smallest absolute Gasteiger partial charge is 0.237 e. The van der Waals surface area contributed by atoms with Gasteiger partial charge >= 0.3 is 0 Å². The van der Waals surface area contributed by atoms with Crippen LogP contribution in [0.15, 0.2) is 24.3 Å². The van der Waals surface area contributed by atoms with E-state index in [1.54, 1.807) is 24.3 Å². The van der Waals surface area contributed by atoms with Crippen molar-refractivity contribution in [2.75, 3.05) is 0 Å². The Kier molecular flexibility index (Phi) is 5.59. The van der Waals surface area contributed by atoms with E-state index >= 15 is 0 Å². The summed E-state index contributed by atoms with van der Waals surface area (Å²) in [6, 6.07) is 5.83. The minimum atomic E-state index is -0.648. The van der Waals surface area contributed by atoms with Crippen molar-refractivity contribution in [2.45, 2.75) is 56.7 Å². The van der Waals surface area contributed by atoms with Crippen LogP contribution < -0.4 is 11.1 Å². The number of aliphatic hydroxyl groups excluding tert-OH is 1. The molecule has 2 unspecified atom stereocenters. The minimum Gasteiger partial charge on any atom is -0.508 e. The molecule has 0 spiro atoms. The quantitative estimate of drug-likeness (QED) is 0.624. The lowest BCUT2D eigenvalue weighted by Gasteiger charge is -2.23. The molecule has 0 saturated heterocycles. The van der Waals surface area contributed by atoms with Crippen LogP contribution in [0.2, 0.25) is 0 Å². The van der Waals surface area contributed by atoms with E-state index in [1.165, 1.54) is 0 Å². The molecule has 1 saturated carbocycles. The molecule has 1 aliphatic carbocycles. The number of benzene rings is 1. The molecular formula is C16H24N2O3. The van der Waals surface area contributed by atoms with Crippen molar-refractivity contribution in [3.05, 3.63) is 29.8 Å². The van der Waals surface area contributed by atoms with Gasteiger partial charge in [0.2, 0.25) is 5.91 Å². The zero-order valence-corrected chi connectivity index (χ0v) is 12.2. The molecule has 1 aliphatic rings. The van der Waals surface area contributed by atoms with Crippen molar-refractivity contribution in [3.63, 3.8) is 0 Å². The highest BCUT2D eigenvalue weighted by Gasteiger charge is 2.25. The lowest BCUT2D eigenvalue weighted by atomic mass is 10.0. The second kappa shape index (κ2) is 7.43. The summed E-state index contributed by atoms with van der Waals surface area (Å²) >= 11 is 0. The number of carbonyl (C=O) groups excluding carboxylic acids is 1. The first-order chi connectivity index (χ1) is 10.1. The molecule has 5 heteroatoms. The SMILES string of the molecule is N[C@@H](Cc1ccc(O)cc1)C(=O)NC1CCCCCC1O. The molecule has 5 nitrogen and oxygen atoms in total. The molecule has 21 heavy (non-hydrogen) atoms. The summed E-state index contributed by atoms with van der Waals surface area (Å²) < 4.78 is 0. The van der Waals surface area contributed by atoms with Gasteiger partial charge in [0.15, 0.2) is 0 Å². The van der Waals surface area contributed by atoms with Crippen molar-refractivity contribution in [3.8, 4) is 5.75 Å². The summed E-state index contributed by atoms with van der Waals surface area (Å²) in [5, 5.41) is 22.1. The number of nitrogens with one attached hydrogen (secondary N) is 1. The van der Waals surface area contributed by atoms with E-state index in [-0.39, 0.29) is 17.7 Å². The maximum Gasteiger partial charge on any atom is 0.237 e. The second-order valence-corrected chi connectivity index (χ2v) is 5.80. The van der Waals surface area contributed by atoms with Crippen LogP contribution in [0.1, 0.15) is 37.7 Å². The third-order valence-electron chi connectivity index (χ3n) is 4.04.